The van der Waals surface area contributed by atoms with Crippen molar-refractivity contribution in [2.24, 2.45) is 0 Å². The smallest absolute Gasteiger partial charge is 0.164 e. The second kappa shape index (κ2) is 20.1. The SMILES string of the molecule is CCc1c(CCNCCCCCCNCCc2ccc(OC)c(OC)c2C)ccc(OC)c1OC.Cl.Cl. The third-order valence-corrected chi connectivity index (χ3v) is 6.60. The van der Waals surface area contributed by atoms with Crippen LogP contribution in [-0.4, -0.2) is 54.6 Å². The van der Waals surface area contributed by atoms with Crippen molar-refractivity contribution >= 4 is 24.8 Å². The van der Waals surface area contributed by atoms with Gasteiger partial charge in [-0.2, -0.15) is 0 Å². The summed E-state index contributed by atoms with van der Waals surface area (Å²) in [6, 6.07) is 8.31. The fourth-order valence-corrected chi connectivity index (χ4v) is 4.60. The average Bonchev–Trinajstić information content (AvgIpc) is 2.89. The van der Waals surface area contributed by atoms with Crippen LogP contribution in [0.25, 0.3) is 0 Å². The molecule has 37 heavy (non-hydrogen) atoms. The van der Waals surface area contributed by atoms with E-state index < -0.39 is 0 Å². The molecule has 0 saturated heterocycles. The molecule has 2 aromatic carbocycles. The predicted octanol–water partition coefficient (Wildman–Crippen LogP) is 5.96. The summed E-state index contributed by atoms with van der Waals surface area (Å²) in [5.41, 5.74) is 5.06. The lowest BCUT2D eigenvalue weighted by atomic mass is 10.0. The molecular formula is C29H48Cl2N2O4. The van der Waals surface area contributed by atoms with Crippen LogP contribution >= 0.6 is 24.8 Å². The lowest BCUT2D eigenvalue weighted by Gasteiger charge is -2.16. The number of benzene rings is 2. The molecule has 0 aliphatic rings. The van der Waals surface area contributed by atoms with Gasteiger partial charge in [-0.05, 0) is 94.0 Å². The highest BCUT2D eigenvalue weighted by molar-refractivity contribution is 5.85. The summed E-state index contributed by atoms with van der Waals surface area (Å²) in [6.45, 7) is 8.37. The van der Waals surface area contributed by atoms with Gasteiger partial charge in [0.2, 0.25) is 0 Å². The molecule has 2 aromatic rings. The van der Waals surface area contributed by atoms with E-state index in [1.165, 1.54) is 42.4 Å². The zero-order valence-electron chi connectivity index (χ0n) is 23.5. The van der Waals surface area contributed by atoms with Crippen molar-refractivity contribution in [1.29, 1.82) is 0 Å². The van der Waals surface area contributed by atoms with Gasteiger partial charge in [0.15, 0.2) is 23.0 Å². The lowest BCUT2D eigenvalue weighted by Crippen LogP contribution is -2.20. The summed E-state index contributed by atoms with van der Waals surface area (Å²) in [6.07, 6.45) is 7.91. The topological polar surface area (TPSA) is 61.0 Å². The summed E-state index contributed by atoms with van der Waals surface area (Å²) in [5, 5.41) is 7.17. The van der Waals surface area contributed by atoms with Gasteiger partial charge in [0.1, 0.15) is 0 Å². The first-order valence-electron chi connectivity index (χ1n) is 13.0. The van der Waals surface area contributed by atoms with E-state index in [1.807, 2.05) is 12.1 Å². The quantitative estimate of drug-likeness (QED) is 0.220. The maximum Gasteiger partial charge on any atom is 0.164 e. The number of ether oxygens (including phenoxy) is 4. The van der Waals surface area contributed by atoms with Gasteiger partial charge in [-0.3, -0.25) is 0 Å². The molecule has 0 heterocycles. The van der Waals surface area contributed by atoms with Crippen molar-refractivity contribution in [3.8, 4) is 23.0 Å². The molecule has 6 nitrogen and oxygen atoms in total. The second-order valence-electron chi connectivity index (χ2n) is 8.79. The van der Waals surface area contributed by atoms with E-state index in [0.29, 0.717) is 0 Å². The van der Waals surface area contributed by atoms with Gasteiger partial charge in [-0.25, -0.2) is 0 Å². The number of nitrogens with one attached hydrogen (secondary N) is 2. The number of hydrogen-bond donors (Lipinski definition) is 2. The monoisotopic (exact) mass is 558 g/mol. The minimum Gasteiger partial charge on any atom is -0.493 e. The van der Waals surface area contributed by atoms with Crippen molar-refractivity contribution in [3.63, 3.8) is 0 Å². The normalized spacial score (nSPS) is 10.3. The van der Waals surface area contributed by atoms with Gasteiger partial charge in [-0.15, -0.1) is 24.8 Å². The van der Waals surface area contributed by atoms with E-state index in [1.54, 1.807) is 28.4 Å². The summed E-state index contributed by atoms with van der Waals surface area (Å²) in [7, 11) is 6.78. The summed E-state index contributed by atoms with van der Waals surface area (Å²) >= 11 is 0. The number of unbranched alkanes of at least 4 members (excludes halogenated alkanes) is 3. The van der Waals surface area contributed by atoms with Gasteiger partial charge in [0.05, 0.1) is 28.4 Å². The molecule has 0 amide bonds. The second-order valence-corrected chi connectivity index (χ2v) is 8.79. The van der Waals surface area contributed by atoms with Crippen molar-refractivity contribution in [3.05, 3.63) is 46.5 Å². The predicted molar refractivity (Wildman–Crippen MR) is 159 cm³/mol. The van der Waals surface area contributed by atoms with E-state index in [4.69, 9.17) is 18.9 Å². The fraction of sp³-hybridized carbons (Fsp3) is 0.586. The Morgan fingerprint density at radius 2 is 1.08 bits per heavy atom. The average molecular weight is 560 g/mol. The Morgan fingerprint density at radius 3 is 1.57 bits per heavy atom. The fourth-order valence-electron chi connectivity index (χ4n) is 4.60. The van der Waals surface area contributed by atoms with Crippen LogP contribution in [-0.2, 0) is 19.3 Å². The standard InChI is InChI=1S/C29H46N2O4.2ClH/c1-7-25-24(13-15-27(33-4)29(25)35-6)17-21-31-19-11-9-8-10-18-30-20-16-23-12-14-26(32-3)28(34-5)22(23)2;;/h12-15,30-31H,7-11,16-21H2,1-6H3;2*1H. The van der Waals surface area contributed by atoms with Gasteiger partial charge in [0.25, 0.3) is 0 Å². The van der Waals surface area contributed by atoms with Gasteiger partial charge >= 0.3 is 0 Å². The molecule has 0 atom stereocenters. The highest BCUT2D eigenvalue weighted by atomic mass is 35.5. The van der Waals surface area contributed by atoms with Gasteiger partial charge in [-0.1, -0.05) is 31.9 Å². The Morgan fingerprint density at radius 1 is 0.595 bits per heavy atom. The lowest BCUT2D eigenvalue weighted by molar-refractivity contribution is 0.351. The third-order valence-electron chi connectivity index (χ3n) is 6.60. The minimum absolute atomic E-state index is 0. The number of rotatable bonds is 18. The molecule has 0 bridgehead atoms. The molecule has 0 fully saturated rings. The third kappa shape index (κ3) is 10.8. The molecule has 0 spiro atoms. The van der Waals surface area contributed by atoms with Crippen LogP contribution in [0, 0.1) is 6.92 Å². The summed E-state index contributed by atoms with van der Waals surface area (Å²) in [4.78, 5) is 0. The summed E-state index contributed by atoms with van der Waals surface area (Å²) < 4.78 is 21.9. The molecular weight excluding hydrogens is 511 g/mol. The number of halogens is 2. The van der Waals surface area contributed by atoms with Crippen molar-refractivity contribution < 1.29 is 18.9 Å². The highest BCUT2D eigenvalue weighted by Crippen LogP contribution is 2.34. The van der Waals surface area contributed by atoms with Crippen molar-refractivity contribution in [2.75, 3.05) is 54.6 Å². The van der Waals surface area contributed by atoms with Crippen LogP contribution < -0.4 is 29.6 Å². The van der Waals surface area contributed by atoms with Crippen LogP contribution in [0.2, 0.25) is 0 Å². The molecule has 0 aliphatic heterocycles. The summed E-state index contributed by atoms with van der Waals surface area (Å²) in [5.74, 6) is 3.32. The molecule has 0 saturated carbocycles. The zero-order chi connectivity index (χ0) is 25.5. The van der Waals surface area contributed by atoms with E-state index >= 15 is 0 Å². The maximum atomic E-state index is 5.59. The molecule has 8 heteroatoms. The molecule has 2 N–H and O–H groups in total. The first kappa shape index (κ1) is 35.1. The van der Waals surface area contributed by atoms with E-state index in [0.717, 1.165) is 74.0 Å². The molecule has 0 radical (unpaired) electrons. The molecule has 212 valence electrons. The Balaban J connectivity index is 0.00000648. The number of methoxy groups -OCH3 is 4. The van der Waals surface area contributed by atoms with E-state index in [9.17, 15) is 0 Å². The molecule has 0 unspecified atom stereocenters. The Labute approximate surface area is 237 Å². The maximum absolute atomic E-state index is 5.59. The highest BCUT2D eigenvalue weighted by Gasteiger charge is 2.13. The van der Waals surface area contributed by atoms with Crippen LogP contribution in [0.15, 0.2) is 24.3 Å². The number of hydrogen-bond acceptors (Lipinski definition) is 6. The molecule has 2 rings (SSSR count). The van der Waals surface area contributed by atoms with Crippen LogP contribution in [0.4, 0.5) is 0 Å². The van der Waals surface area contributed by atoms with Crippen LogP contribution in [0.3, 0.4) is 0 Å². The Hall–Kier alpha value is -1.86. The van der Waals surface area contributed by atoms with Crippen molar-refractivity contribution in [1.82, 2.24) is 10.6 Å². The van der Waals surface area contributed by atoms with E-state index in [-0.39, 0.29) is 24.8 Å². The van der Waals surface area contributed by atoms with Gasteiger partial charge in [0, 0.05) is 5.56 Å². The molecule has 0 aliphatic carbocycles. The Kier molecular flexibility index (Phi) is 19.1. The Bertz CT molecular complexity index is 897. The first-order valence-corrected chi connectivity index (χ1v) is 13.0. The van der Waals surface area contributed by atoms with Gasteiger partial charge < -0.3 is 29.6 Å². The van der Waals surface area contributed by atoms with Crippen LogP contribution in [0.1, 0.15) is 54.9 Å². The van der Waals surface area contributed by atoms with E-state index in [2.05, 4.69) is 36.6 Å². The van der Waals surface area contributed by atoms with Crippen LogP contribution in [0.5, 0.6) is 23.0 Å². The van der Waals surface area contributed by atoms with Crippen molar-refractivity contribution in [2.45, 2.75) is 58.8 Å². The zero-order valence-corrected chi connectivity index (χ0v) is 25.2. The largest absolute Gasteiger partial charge is 0.493 e. The molecule has 0 aromatic heterocycles. The first-order chi connectivity index (χ1) is 17.1. The minimum atomic E-state index is 0.